The van der Waals surface area contributed by atoms with Crippen LogP contribution in [0.15, 0.2) is 0 Å². The first-order chi connectivity index (χ1) is 6.65. The van der Waals surface area contributed by atoms with Crippen molar-refractivity contribution in [1.29, 1.82) is 0 Å². The normalized spacial score (nSPS) is 40.2. The molecule has 2 fully saturated rings. The summed E-state index contributed by atoms with van der Waals surface area (Å²) >= 11 is 0. The van der Waals surface area contributed by atoms with Gasteiger partial charge in [0.05, 0.1) is 7.11 Å². The Morgan fingerprint density at radius 1 is 1.43 bits per heavy atom. The van der Waals surface area contributed by atoms with E-state index in [2.05, 4.69) is 0 Å². The molecule has 0 aliphatic heterocycles. The highest BCUT2D eigenvalue weighted by Crippen LogP contribution is 2.52. The van der Waals surface area contributed by atoms with E-state index in [4.69, 9.17) is 4.84 Å². The lowest BCUT2D eigenvalue weighted by Gasteiger charge is -2.34. The van der Waals surface area contributed by atoms with Gasteiger partial charge in [-0.2, -0.15) is 0 Å². The standard InChI is InChI=1S/C10H16FNO2/c1-12(14-2)10(13)8-5-9(11)7-4-3-6(7)8/h6-9H,3-5H2,1-2H3. The summed E-state index contributed by atoms with van der Waals surface area (Å²) in [6, 6.07) is 0. The highest BCUT2D eigenvalue weighted by molar-refractivity contribution is 5.78. The number of halogens is 1. The molecular formula is C10H16FNO2. The van der Waals surface area contributed by atoms with Crippen LogP contribution in [-0.4, -0.2) is 31.3 Å². The number of nitrogens with zero attached hydrogens (tertiary/aromatic N) is 1. The van der Waals surface area contributed by atoms with Crippen molar-refractivity contribution in [2.75, 3.05) is 14.2 Å². The van der Waals surface area contributed by atoms with E-state index < -0.39 is 6.17 Å². The summed E-state index contributed by atoms with van der Waals surface area (Å²) < 4.78 is 13.4. The molecule has 0 bridgehead atoms. The molecule has 0 aromatic rings. The van der Waals surface area contributed by atoms with Gasteiger partial charge in [-0.05, 0) is 31.1 Å². The molecule has 0 aromatic heterocycles. The van der Waals surface area contributed by atoms with Gasteiger partial charge in [0, 0.05) is 13.0 Å². The Morgan fingerprint density at radius 3 is 2.50 bits per heavy atom. The summed E-state index contributed by atoms with van der Waals surface area (Å²) in [6.07, 6.45) is 1.57. The van der Waals surface area contributed by atoms with E-state index in [1.165, 1.54) is 12.2 Å². The summed E-state index contributed by atoms with van der Waals surface area (Å²) in [5.74, 6) is 0.209. The third-order valence-electron chi connectivity index (χ3n) is 3.75. The van der Waals surface area contributed by atoms with Crippen molar-refractivity contribution in [2.24, 2.45) is 17.8 Å². The van der Waals surface area contributed by atoms with Crippen molar-refractivity contribution >= 4 is 5.91 Å². The minimum absolute atomic E-state index is 0.0673. The molecule has 2 saturated carbocycles. The zero-order valence-corrected chi connectivity index (χ0v) is 8.57. The van der Waals surface area contributed by atoms with Crippen LogP contribution in [0.3, 0.4) is 0 Å². The number of carbonyl (C=O) groups excluding carboxylic acids is 1. The van der Waals surface area contributed by atoms with Gasteiger partial charge in [-0.1, -0.05) is 0 Å². The zero-order valence-electron chi connectivity index (χ0n) is 8.57. The molecule has 2 aliphatic carbocycles. The first-order valence-electron chi connectivity index (χ1n) is 5.11. The number of fused-ring (bicyclic) bond motifs is 1. The van der Waals surface area contributed by atoms with Crippen molar-refractivity contribution in [1.82, 2.24) is 5.06 Å². The van der Waals surface area contributed by atoms with E-state index in [-0.39, 0.29) is 23.7 Å². The molecule has 3 nitrogen and oxygen atoms in total. The fraction of sp³-hybridized carbons (Fsp3) is 0.900. The molecule has 14 heavy (non-hydrogen) atoms. The van der Waals surface area contributed by atoms with Gasteiger partial charge in [0.25, 0.3) is 0 Å². The van der Waals surface area contributed by atoms with E-state index in [9.17, 15) is 9.18 Å². The number of hydrogen-bond acceptors (Lipinski definition) is 2. The van der Waals surface area contributed by atoms with E-state index in [1.807, 2.05) is 0 Å². The lowest BCUT2D eigenvalue weighted by atomic mass is 9.72. The molecule has 4 unspecified atom stereocenters. The van der Waals surface area contributed by atoms with E-state index in [0.717, 1.165) is 12.8 Å². The molecule has 2 aliphatic rings. The number of rotatable bonds is 2. The third-order valence-corrected chi connectivity index (χ3v) is 3.75. The topological polar surface area (TPSA) is 29.5 Å². The molecule has 4 heteroatoms. The molecule has 0 radical (unpaired) electrons. The molecule has 2 rings (SSSR count). The molecule has 0 spiro atoms. The van der Waals surface area contributed by atoms with Crippen molar-refractivity contribution in [3.63, 3.8) is 0 Å². The number of amides is 1. The Hall–Kier alpha value is -0.640. The number of hydroxylamine groups is 2. The van der Waals surface area contributed by atoms with Crippen LogP contribution >= 0.6 is 0 Å². The van der Waals surface area contributed by atoms with Crippen molar-refractivity contribution in [2.45, 2.75) is 25.4 Å². The number of hydrogen-bond donors (Lipinski definition) is 0. The van der Waals surface area contributed by atoms with Crippen LogP contribution < -0.4 is 0 Å². The van der Waals surface area contributed by atoms with Gasteiger partial charge in [0.15, 0.2) is 0 Å². The third kappa shape index (κ3) is 1.32. The van der Waals surface area contributed by atoms with Gasteiger partial charge in [-0.25, -0.2) is 9.45 Å². The smallest absolute Gasteiger partial charge is 0.249 e. The van der Waals surface area contributed by atoms with Crippen molar-refractivity contribution < 1.29 is 14.0 Å². The SMILES string of the molecule is CON(C)C(=O)C1CC(F)C2CCC12. The second kappa shape index (κ2) is 3.50. The maximum absolute atomic E-state index is 13.4. The molecule has 0 N–H and O–H groups in total. The fourth-order valence-electron chi connectivity index (χ4n) is 2.70. The predicted octanol–water partition coefficient (Wildman–Crippen LogP) is 1.39. The maximum Gasteiger partial charge on any atom is 0.249 e. The van der Waals surface area contributed by atoms with E-state index >= 15 is 0 Å². The Labute approximate surface area is 83.2 Å². The van der Waals surface area contributed by atoms with Gasteiger partial charge in [-0.15, -0.1) is 0 Å². The number of carbonyl (C=O) groups is 1. The van der Waals surface area contributed by atoms with Crippen LogP contribution in [0.4, 0.5) is 4.39 Å². The quantitative estimate of drug-likeness (QED) is 0.632. The Balaban J connectivity index is 2.02. The minimum Gasteiger partial charge on any atom is -0.275 e. The average Bonchev–Trinajstić information content (AvgIpc) is 2.33. The predicted molar refractivity (Wildman–Crippen MR) is 49.0 cm³/mol. The molecule has 0 aromatic carbocycles. The molecule has 0 saturated heterocycles. The molecule has 80 valence electrons. The van der Waals surface area contributed by atoms with Crippen LogP contribution in [0.2, 0.25) is 0 Å². The number of alkyl halides is 1. The minimum atomic E-state index is -0.770. The summed E-state index contributed by atoms with van der Waals surface area (Å²) in [4.78, 5) is 16.6. The maximum atomic E-state index is 13.4. The first-order valence-corrected chi connectivity index (χ1v) is 5.11. The highest BCUT2D eigenvalue weighted by Gasteiger charge is 2.52. The Morgan fingerprint density at radius 2 is 2.07 bits per heavy atom. The van der Waals surface area contributed by atoms with Crippen LogP contribution in [-0.2, 0) is 9.63 Å². The molecule has 1 amide bonds. The van der Waals surface area contributed by atoms with E-state index in [1.54, 1.807) is 7.05 Å². The van der Waals surface area contributed by atoms with Crippen LogP contribution in [0.5, 0.6) is 0 Å². The second-order valence-corrected chi connectivity index (χ2v) is 4.28. The zero-order chi connectivity index (χ0) is 10.3. The van der Waals surface area contributed by atoms with Crippen molar-refractivity contribution in [3.8, 4) is 0 Å². The lowest BCUT2D eigenvalue weighted by Crippen LogP contribution is -2.37. The summed E-state index contributed by atoms with van der Waals surface area (Å²) in [5, 5.41) is 1.22. The second-order valence-electron chi connectivity index (χ2n) is 4.28. The molecular weight excluding hydrogens is 185 g/mol. The van der Waals surface area contributed by atoms with Gasteiger partial charge in [-0.3, -0.25) is 9.63 Å². The summed E-state index contributed by atoms with van der Waals surface area (Å²) in [5.41, 5.74) is 0. The van der Waals surface area contributed by atoms with Crippen LogP contribution in [0.25, 0.3) is 0 Å². The highest BCUT2D eigenvalue weighted by atomic mass is 19.1. The monoisotopic (exact) mass is 201 g/mol. The fourth-order valence-corrected chi connectivity index (χ4v) is 2.70. The summed E-state index contributed by atoms with van der Waals surface area (Å²) in [6.45, 7) is 0. The largest absolute Gasteiger partial charge is 0.275 e. The Kier molecular flexibility index (Phi) is 2.47. The van der Waals surface area contributed by atoms with Gasteiger partial charge >= 0.3 is 0 Å². The van der Waals surface area contributed by atoms with Crippen LogP contribution in [0.1, 0.15) is 19.3 Å². The molecule has 0 heterocycles. The van der Waals surface area contributed by atoms with Gasteiger partial charge in [0.2, 0.25) is 5.91 Å². The van der Waals surface area contributed by atoms with Gasteiger partial charge < -0.3 is 0 Å². The van der Waals surface area contributed by atoms with Crippen LogP contribution in [0, 0.1) is 17.8 Å². The van der Waals surface area contributed by atoms with Gasteiger partial charge in [0.1, 0.15) is 6.17 Å². The molecule has 4 atom stereocenters. The first kappa shape index (κ1) is 9.90. The Bertz CT molecular complexity index is 246. The summed E-state index contributed by atoms with van der Waals surface area (Å²) in [7, 11) is 3.04. The van der Waals surface area contributed by atoms with E-state index in [0.29, 0.717) is 6.42 Å². The average molecular weight is 201 g/mol. The lowest BCUT2D eigenvalue weighted by molar-refractivity contribution is -0.175. The van der Waals surface area contributed by atoms with Crippen molar-refractivity contribution in [3.05, 3.63) is 0 Å².